The summed E-state index contributed by atoms with van der Waals surface area (Å²) in [7, 11) is 0. The van der Waals surface area contributed by atoms with Crippen LogP contribution in [0.25, 0.3) is 0 Å². The molecule has 2 saturated carbocycles. The van der Waals surface area contributed by atoms with Crippen LogP contribution >= 0.6 is 0 Å². The van der Waals surface area contributed by atoms with Crippen LogP contribution < -0.4 is 0 Å². The lowest BCUT2D eigenvalue weighted by Gasteiger charge is -2.37. The summed E-state index contributed by atoms with van der Waals surface area (Å²) < 4.78 is 6.28. The van der Waals surface area contributed by atoms with Crippen molar-refractivity contribution in [1.82, 2.24) is 0 Å². The van der Waals surface area contributed by atoms with Crippen LogP contribution in [0.5, 0.6) is 0 Å². The number of allylic oxidation sites excluding steroid dienone is 2. The first-order chi connectivity index (χ1) is 12.3. The Morgan fingerprint density at radius 3 is 1.84 bits per heavy atom. The maximum atomic E-state index is 6.28. The van der Waals surface area contributed by atoms with Gasteiger partial charge in [0.25, 0.3) is 0 Å². The van der Waals surface area contributed by atoms with Gasteiger partial charge in [0.1, 0.15) is 0 Å². The van der Waals surface area contributed by atoms with E-state index in [-0.39, 0.29) is 0 Å². The summed E-state index contributed by atoms with van der Waals surface area (Å²) in [5, 5.41) is 0. The Hall–Kier alpha value is -0.300. The van der Waals surface area contributed by atoms with E-state index in [0.717, 1.165) is 36.2 Å². The molecule has 144 valence electrons. The third-order valence-corrected chi connectivity index (χ3v) is 7.57. The van der Waals surface area contributed by atoms with Crippen molar-refractivity contribution < 1.29 is 4.74 Å². The largest absolute Gasteiger partial charge is 0.378 e. The lowest BCUT2D eigenvalue weighted by atomic mass is 9.76. The second-order valence-electron chi connectivity index (χ2n) is 9.35. The quantitative estimate of drug-likeness (QED) is 0.463. The molecule has 2 unspecified atom stereocenters. The second-order valence-corrected chi connectivity index (χ2v) is 9.35. The fourth-order valence-corrected chi connectivity index (χ4v) is 5.65. The van der Waals surface area contributed by atoms with Crippen LogP contribution in [0.2, 0.25) is 0 Å². The number of ether oxygens (including phenoxy) is 1. The first kappa shape index (κ1) is 19.5. The molecule has 3 rings (SSSR count). The average molecular weight is 347 g/mol. The lowest BCUT2D eigenvalue weighted by molar-refractivity contribution is -0.0583. The van der Waals surface area contributed by atoms with Crippen LogP contribution in [0.3, 0.4) is 0 Å². The van der Waals surface area contributed by atoms with E-state index in [2.05, 4.69) is 26.0 Å². The summed E-state index contributed by atoms with van der Waals surface area (Å²) in [6, 6.07) is 0. The molecule has 1 aliphatic heterocycles. The molecule has 0 amide bonds. The molecule has 0 aromatic rings. The van der Waals surface area contributed by atoms with Crippen molar-refractivity contribution in [3.05, 3.63) is 12.2 Å². The normalized spacial score (nSPS) is 40.4. The molecule has 0 radical (unpaired) electrons. The van der Waals surface area contributed by atoms with Crippen molar-refractivity contribution in [2.75, 3.05) is 6.61 Å². The molecule has 1 heterocycles. The van der Waals surface area contributed by atoms with Crippen LogP contribution in [0, 0.1) is 29.6 Å². The third kappa shape index (κ3) is 5.84. The highest BCUT2D eigenvalue weighted by atomic mass is 16.5. The highest BCUT2D eigenvalue weighted by Gasteiger charge is 2.31. The molecule has 1 nitrogen and oxygen atoms in total. The Kier molecular flexibility index (Phi) is 7.90. The van der Waals surface area contributed by atoms with Crippen LogP contribution in [0.15, 0.2) is 12.2 Å². The van der Waals surface area contributed by atoms with Gasteiger partial charge in [-0.2, -0.15) is 0 Å². The minimum Gasteiger partial charge on any atom is -0.378 e. The first-order valence-corrected chi connectivity index (χ1v) is 11.6. The zero-order valence-corrected chi connectivity index (χ0v) is 16.9. The van der Waals surface area contributed by atoms with E-state index >= 15 is 0 Å². The fraction of sp³-hybridized carbons (Fsp3) is 0.917. The van der Waals surface area contributed by atoms with Crippen LogP contribution in [-0.2, 0) is 4.74 Å². The number of hydrogen-bond acceptors (Lipinski definition) is 1. The van der Waals surface area contributed by atoms with E-state index in [0.29, 0.717) is 6.10 Å². The molecule has 0 spiro atoms. The summed E-state index contributed by atoms with van der Waals surface area (Å²) in [5.74, 6) is 4.47. The van der Waals surface area contributed by atoms with Crippen LogP contribution in [0.1, 0.15) is 97.3 Å². The molecular formula is C24H42O. The summed E-state index contributed by atoms with van der Waals surface area (Å²) in [5.41, 5.74) is 0. The predicted octanol–water partition coefficient (Wildman–Crippen LogP) is 7.16. The van der Waals surface area contributed by atoms with Gasteiger partial charge in [-0.25, -0.2) is 0 Å². The van der Waals surface area contributed by atoms with E-state index in [9.17, 15) is 0 Å². The molecule has 2 atom stereocenters. The molecule has 25 heavy (non-hydrogen) atoms. The van der Waals surface area contributed by atoms with E-state index in [1.807, 2.05) is 0 Å². The second kappa shape index (κ2) is 10.1. The Morgan fingerprint density at radius 2 is 1.32 bits per heavy atom. The van der Waals surface area contributed by atoms with Crippen molar-refractivity contribution in [3.8, 4) is 0 Å². The van der Waals surface area contributed by atoms with Crippen molar-refractivity contribution in [1.29, 1.82) is 0 Å². The number of hydrogen-bond donors (Lipinski definition) is 0. The molecule has 0 bridgehead atoms. The van der Waals surface area contributed by atoms with E-state index in [1.54, 1.807) is 0 Å². The molecule has 1 heteroatoms. The van der Waals surface area contributed by atoms with Gasteiger partial charge in [-0.15, -0.1) is 0 Å². The first-order valence-electron chi connectivity index (χ1n) is 11.6. The van der Waals surface area contributed by atoms with Gasteiger partial charge in [-0.1, -0.05) is 38.8 Å². The molecule has 0 N–H and O–H groups in total. The Bertz CT molecular complexity index is 377. The third-order valence-electron chi connectivity index (χ3n) is 7.57. The van der Waals surface area contributed by atoms with Gasteiger partial charge >= 0.3 is 0 Å². The maximum absolute atomic E-state index is 6.28. The average Bonchev–Trinajstić information content (AvgIpc) is 2.68. The Labute approximate surface area is 157 Å². The standard InChI is InChI=1S/C24H42O/c1-3-5-22-14-17-24(25-18-22)23-15-12-21(13-16-23)11-10-20-8-6-19(4-2)7-9-20/h10-11,19-24H,3-9,12-18H2,1-2H3/b11-10+. The summed E-state index contributed by atoms with van der Waals surface area (Å²) >= 11 is 0. The highest BCUT2D eigenvalue weighted by Crippen LogP contribution is 2.38. The van der Waals surface area contributed by atoms with E-state index in [1.165, 1.54) is 83.5 Å². The van der Waals surface area contributed by atoms with Gasteiger partial charge in [0.2, 0.25) is 0 Å². The summed E-state index contributed by atoms with van der Waals surface area (Å²) in [6.45, 7) is 5.70. The molecule has 3 aliphatic rings. The maximum Gasteiger partial charge on any atom is 0.0603 e. The highest BCUT2D eigenvalue weighted by molar-refractivity contribution is 4.97. The molecule has 2 aliphatic carbocycles. The van der Waals surface area contributed by atoms with Gasteiger partial charge in [-0.3, -0.25) is 0 Å². The summed E-state index contributed by atoms with van der Waals surface area (Å²) in [6.07, 6.45) is 24.1. The molecule has 3 fully saturated rings. The van der Waals surface area contributed by atoms with Crippen molar-refractivity contribution >= 4 is 0 Å². The van der Waals surface area contributed by atoms with Gasteiger partial charge in [0.05, 0.1) is 6.10 Å². The lowest BCUT2D eigenvalue weighted by Crippen LogP contribution is -2.34. The topological polar surface area (TPSA) is 9.23 Å². The molecular weight excluding hydrogens is 304 g/mol. The number of rotatable bonds is 6. The van der Waals surface area contributed by atoms with E-state index < -0.39 is 0 Å². The minimum atomic E-state index is 0.586. The van der Waals surface area contributed by atoms with Crippen LogP contribution in [-0.4, -0.2) is 12.7 Å². The van der Waals surface area contributed by atoms with Gasteiger partial charge < -0.3 is 4.74 Å². The minimum absolute atomic E-state index is 0.586. The van der Waals surface area contributed by atoms with E-state index in [4.69, 9.17) is 4.74 Å². The monoisotopic (exact) mass is 346 g/mol. The van der Waals surface area contributed by atoms with Crippen molar-refractivity contribution in [2.45, 2.75) is 103 Å². The van der Waals surface area contributed by atoms with Gasteiger partial charge in [-0.05, 0) is 100 Å². The van der Waals surface area contributed by atoms with Crippen molar-refractivity contribution in [2.24, 2.45) is 29.6 Å². The molecule has 0 aromatic carbocycles. The van der Waals surface area contributed by atoms with Gasteiger partial charge in [0.15, 0.2) is 0 Å². The smallest absolute Gasteiger partial charge is 0.0603 e. The Morgan fingerprint density at radius 1 is 0.720 bits per heavy atom. The fourth-order valence-electron chi connectivity index (χ4n) is 5.65. The van der Waals surface area contributed by atoms with Crippen molar-refractivity contribution in [3.63, 3.8) is 0 Å². The van der Waals surface area contributed by atoms with Gasteiger partial charge in [0, 0.05) is 6.61 Å². The molecule has 0 aromatic heterocycles. The Balaban J connectivity index is 1.34. The SMILES string of the molecule is CCCC1CCC(C2CCC(/C=C/C3CCC(CC)CC3)CC2)OC1. The zero-order chi connectivity index (χ0) is 17.5. The zero-order valence-electron chi connectivity index (χ0n) is 16.9. The summed E-state index contributed by atoms with van der Waals surface area (Å²) in [4.78, 5) is 0. The van der Waals surface area contributed by atoms with Crippen LogP contribution in [0.4, 0.5) is 0 Å². The predicted molar refractivity (Wildman–Crippen MR) is 108 cm³/mol. The molecule has 1 saturated heterocycles.